The molecule has 0 radical (unpaired) electrons. The van der Waals surface area contributed by atoms with Crippen molar-refractivity contribution in [1.29, 1.82) is 0 Å². The Morgan fingerprint density at radius 3 is 1.85 bits per heavy atom. The van der Waals surface area contributed by atoms with Gasteiger partial charge in [-0.15, -0.1) is 0 Å². The van der Waals surface area contributed by atoms with E-state index in [1.807, 2.05) is 20.8 Å². The van der Waals surface area contributed by atoms with Gasteiger partial charge in [-0.2, -0.15) is 0 Å². The van der Waals surface area contributed by atoms with Crippen LogP contribution in [0.4, 0.5) is 9.59 Å². The zero-order valence-electron chi connectivity index (χ0n) is 53.6. The number of carbonyl (C=O) groups excluding carboxylic acids is 6. The Morgan fingerprint density at radius 2 is 1.36 bits per heavy atom. The van der Waals surface area contributed by atoms with Crippen molar-refractivity contribution in [1.82, 2.24) is 5.32 Å². The van der Waals surface area contributed by atoms with Gasteiger partial charge in [0.05, 0.1) is 35.9 Å². The average molecular weight is 1220 g/mol. The molecule has 12 atom stereocenters. The lowest BCUT2D eigenvalue weighted by Crippen LogP contribution is -2.84. The summed E-state index contributed by atoms with van der Waals surface area (Å²) in [5, 5.41) is 2.91. The molecule has 2 saturated heterocycles. The third kappa shape index (κ3) is 11.3. The summed E-state index contributed by atoms with van der Waals surface area (Å²) < 4.78 is 75.5. The molecule has 84 heavy (non-hydrogen) atoms. The third-order valence-corrected chi connectivity index (χ3v) is 35.6. The second kappa shape index (κ2) is 24.8. The Kier molecular flexibility index (Phi) is 19.8. The first-order chi connectivity index (χ1) is 39.3. The van der Waals surface area contributed by atoms with Gasteiger partial charge in [0, 0.05) is 18.8 Å². The third-order valence-electron chi connectivity index (χ3n) is 20.3. The zero-order chi connectivity index (χ0) is 62.5. The van der Waals surface area contributed by atoms with Gasteiger partial charge in [0.2, 0.25) is 13.9 Å². The van der Waals surface area contributed by atoms with E-state index in [0.29, 0.717) is 47.4 Å². The number of hydrogen-bond acceptors (Lipinski definition) is 17. The fourth-order valence-corrected chi connectivity index (χ4v) is 26.7. The molecule has 4 fully saturated rings. The molecule has 3 heterocycles. The highest BCUT2D eigenvalue weighted by Gasteiger charge is 2.83. The summed E-state index contributed by atoms with van der Waals surface area (Å²) in [4.78, 5) is 92.2. The topological polar surface area (TPSA) is 220 Å². The number of esters is 3. The quantitative estimate of drug-likeness (QED) is 0.0473. The van der Waals surface area contributed by atoms with Crippen LogP contribution in [0.2, 0.25) is 52.9 Å². The fraction of sp³-hybridized carbons (Fsp3) is 0.714. The van der Waals surface area contributed by atoms with Gasteiger partial charge in [-0.05, 0) is 123 Å². The average Bonchev–Trinajstić information content (AvgIpc) is 1.05. The van der Waals surface area contributed by atoms with Crippen molar-refractivity contribution in [2.24, 2.45) is 16.7 Å². The van der Waals surface area contributed by atoms with Crippen LogP contribution in [0.3, 0.4) is 0 Å². The molecule has 18 nitrogen and oxygen atoms in total. The summed E-state index contributed by atoms with van der Waals surface area (Å²) in [6.45, 7) is 38.3. The molecule has 2 saturated carbocycles. The highest BCUT2D eigenvalue weighted by atomic mass is 28.4. The van der Waals surface area contributed by atoms with Crippen molar-refractivity contribution in [3.8, 4) is 0 Å². The first-order valence-electron chi connectivity index (χ1n) is 30.7. The number of furan rings is 1. The number of fused-ring (bicyclic) bond motifs is 4. The predicted octanol–water partition coefficient (Wildman–Crippen LogP) is 13.3. The smallest absolute Gasteiger partial charge is 0.467 e. The highest BCUT2D eigenvalue weighted by Crippen LogP contribution is 2.68. The van der Waals surface area contributed by atoms with E-state index < -0.39 is 143 Å². The Morgan fingerprint density at radius 1 is 0.786 bits per heavy atom. The van der Waals surface area contributed by atoms with Gasteiger partial charge < -0.3 is 56.2 Å². The number of ketones is 1. The minimum atomic E-state index is -3.16. The molecule has 1 spiro atoms. The Labute approximate surface area is 501 Å². The van der Waals surface area contributed by atoms with Gasteiger partial charge in [0.25, 0.3) is 0 Å². The predicted molar refractivity (Wildman–Crippen MR) is 322 cm³/mol. The fourth-order valence-electron chi connectivity index (χ4n) is 15.6. The second-order valence-corrected chi connectivity index (χ2v) is 41.6. The Hall–Kier alpha value is -4.65. The molecule has 3 aliphatic carbocycles. The number of rotatable bonds is 23. The summed E-state index contributed by atoms with van der Waals surface area (Å²) in [5.41, 5.74) is -7.73. The van der Waals surface area contributed by atoms with Crippen LogP contribution in [0.25, 0.3) is 0 Å². The molecule has 21 heteroatoms. The van der Waals surface area contributed by atoms with Gasteiger partial charge in [-0.1, -0.05) is 115 Å². The van der Waals surface area contributed by atoms with Crippen LogP contribution in [-0.2, 0) is 60.8 Å². The van der Waals surface area contributed by atoms with Gasteiger partial charge in [-0.25, -0.2) is 19.2 Å². The largest absolute Gasteiger partial charge is 0.509 e. The number of hydrogen-bond donors (Lipinski definition) is 1. The van der Waals surface area contributed by atoms with E-state index in [1.54, 1.807) is 70.2 Å². The minimum absolute atomic E-state index is 0.0876. The zero-order valence-corrected chi connectivity index (χ0v) is 56.6. The second-order valence-electron chi connectivity index (χ2n) is 26.8. The first-order valence-corrected chi connectivity index (χ1v) is 37.9. The van der Waals surface area contributed by atoms with Crippen LogP contribution < -0.4 is 5.32 Å². The van der Waals surface area contributed by atoms with Crippen molar-refractivity contribution in [3.63, 3.8) is 0 Å². The van der Waals surface area contributed by atoms with E-state index in [1.165, 1.54) is 13.2 Å². The monoisotopic (exact) mass is 1220 g/mol. The maximum atomic E-state index is 17.5. The lowest BCUT2D eigenvalue weighted by molar-refractivity contribution is -0.344. The van der Waals surface area contributed by atoms with Crippen molar-refractivity contribution in [2.45, 2.75) is 263 Å². The summed E-state index contributed by atoms with van der Waals surface area (Å²) >= 11 is 0. The summed E-state index contributed by atoms with van der Waals surface area (Å²) in [5.74, 6) is -4.17. The van der Waals surface area contributed by atoms with Crippen LogP contribution >= 0.6 is 0 Å². The number of alkyl carbamates (subject to hydrolysis) is 1. The van der Waals surface area contributed by atoms with E-state index in [0.717, 1.165) is 0 Å². The van der Waals surface area contributed by atoms with Crippen LogP contribution in [0.5, 0.6) is 0 Å². The number of amides is 1. The minimum Gasteiger partial charge on any atom is -0.467 e. The van der Waals surface area contributed by atoms with Gasteiger partial charge in [-0.3, -0.25) is 9.59 Å². The first kappa shape index (κ1) is 66.9. The van der Waals surface area contributed by atoms with Crippen molar-refractivity contribution >= 4 is 60.9 Å². The molecule has 2 unspecified atom stereocenters. The maximum absolute atomic E-state index is 17.5. The standard InChI is InChI=1S/C63H97NO17Si3/c1-21-82(22-2,23-3)79-44-35-45-62(36-72-45,76-41(14)65)51-54(74-55(67)42-31-28-27-29-32-42)63-53(75-58(70)78-63)48(40(13)46(60(63,18)19)49(52(66)61(44,51)20)80-83(24-4,25-5)26-6)73-56(68)50(81-84(37(7)8,38(9)10)39(11)12)47(43-33-30-34-71-43)64-57(69)77-59(15,16)17/h27-34,37-39,44-45,47-51,53-54H,21-26,35-36H2,1-20H3,(H,64,69)/t44-,45+,47-,48+,49+,50+,51?,53-,54?,61+,62-,63+/m0/s1. The molecule has 5 aliphatic rings. The highest BCUT2D eigenvalue weighted by molar-refractivity contribution is 6.78. The molecular formula is C63H97NO17Si3. The van der Waals surface area contributed by atoms with E-state index >= 15 is 14.4 Å². The molecule has 7 rings (SSSR count). The van der Waals surface area contributed by atoms with E-state index in [2.05, 4.69) is 88.4 Å². The molecule has 1 N–H and O–H groups in total. The lowest BCUT2D eigenvalue weighted by Gasteiger charge is -2.68. The number of benzene rings is 1. The van der Waals surface area contributed by atoms with E-state index in [4.69, 9.17) is 50.9 Å². The van der Waals surface area contributed by atoms with Crippen LogP contribution in [-0.4, -0.2) is 127 Å². The lowest BCUT2D eigenvalue weighted by atomic mass is 9.44. The van der Waals surface area contributed by atoms with Crippen molar-refractivity contribution in [2.75, 3.05) is 6.61 Å². The molecular weight excluding hydrogens is 1130 g/mol. The Bertz CT molecular complexity index is 2710. The number of ether oxygens (including phenoxy) is 7. The number of carbonyl (C=O) groups is 6. The number of nitrogens with one attached hydrogen (secondary N) is 1. The molecule has 2 aromatic rings. The normalized spacial score (nSPS) is 29.2. The van der Waals surface area contributed by atoms with Gasteiger partial charge >= 0.3 is 30.2 Å². The van der Waals surface area contributed by atoms with Crippen LogP contribution in [0.1, 0.15) is 167 Å². The molecule has 2 bridgehead atoms. The Balaban J connectivity index is 1.61. The maximum Gasteiger partial charge on any atom is 0.509 e. The molecule has 468 valence electrons. The van der Waals surface area contributed by atoms with Crippen molar-refractivity contribution in [3.05, 3.63) is 71.2 Å². The SMILES string of the molecule is CC[Si](CC)(CC)O[C@H]1C(=O)[C@@]2(C)C(C(OC(=O)c3ccccc3)[C@]34OC(=O)O[C@H]3[C@H](OC(=O)[C@H](O[Si](C(C)C)(C(C)C)C(C)C)[C@@H](NC(=O)OC(C)(C)C)c3ccco3)C(C)=C1C4(C)C)[C@]1(OC(C)=O)CO[C@@H]1C[C@@H]2O[Si](CC)(CC)CC. The number of Topliss-reactive ketones (excluding diaryl/α,β-unsaturated/α-hetero) is 1. The van der Waals surface area contributed by atoms with Crippen LogP contribution in [0.15, 0.2) is 64.3 Å². The van der Waals surface area contributed by atoms with Crippen molar-refractivity contribution < 1.29 is 79.6 Å². The molecule has 2 aliphatic heterocycles. The summed E-state index contributed by atoms with van der Waals surface area (Å²) in [7, 11) is -8.78. The molecule has 1 aromatic heterocycles. The molecule has 1 aromatic carbocycles. The summed E-state index contributed by atoms with van der Waals surface area (Å²) in [6.07, 6.45) is -10.4. The van der Waals surface area contributed by atoms with E-state index in [-0.39, 0.29) is 41.0 Å². The molecule has 1 amide bonds. The van der Waals surface area contributed by atoms with E-state index in [9.17, 15) is 14.4 Å². The van der Waals surface area contributed by atoms with Crippen LogP contribution in [0, 0.1) is 16.7 Å². The summed E-state index contributed by atoms with van der Waals surface area (Å²) in [6, 6.07) is 14.2. The van der Waals surface area contributed by atoms with Gasteiger partial charge in [0.15, 0.2) is 52.4 Å². The van der Waals surface area contributed by atoms with Gasteiger partial charge in [0.1, 0.15) is 29.6 Å².